The average molecular weight is 270 g/mol. The second-order valence-corrected chi connectivity index (χ2v) is 5.09. The van der Waals surface area contributed by atoms with Crippen LogP contribution in [0.5, 0.6) is 0 Å². The van der Waals surface area contributed by atoms with Crippen LogP contribution in [0.2, 0.25) is 0 Å². The Hall–Kier alpha value is -2.80. The van der Waals surface area contributed by atoms with Crippen LogP contribution in [-0.2, 0) is 0 Å². The zero-order valence-electron chi connectivity index (χ0n) is 11.5. The first-order valence-electron chi connectivity index (χ1n) is 7.04. The lowest BCUT2D eigenvalue weighted by Gasteiger charge is -2.01. The van der Waals surface area contributed by atoms with Crippen molar-refractivity contribution < 1.29 is 4.42 Å². The summed E-state index contributed by atoms with van der Waals surface area (Å²) in [5.74, 6) is 1.80. The summed E-state index contributed by atoms with van der Waals surface area (Å²) in [4.78, 5) is 0. The van der Waals surface area contributed by atoms with Crippen molar-refractivity contribution in [2.45, 2.75) is 0 Å². The van der Waals surface area contributed by atoms with Crippen molar-refractivity contribution in [2.75, 3.05) is 0 Å². The highest BCUT2D eigenvalue weighted by Crippen LogP contribution is 2.30. The Bertz CT molecular complexity index is 888. The molecule has 4 aromatic rings. The van der Waals surface area contributed by atoms with Gasteiger partial charge in [0.15, 0.2) is 0 Å². The van der Waals surface area contributed by atoms with E-state index in [0.29, 0.717) is 0 Å². The largest absolute Gasteiger partial charge is 0.456 e. The number of hydrogen-bond acceptors (Lipinski definition) is 1. The van der Waals surface area contributed by atoms with Crippen LogP contribution in [0.15, 0.2) is 89.3 Å². The molecular formula is C20H14O. The lowest BCUT2D eigenvalue weighted by molar-refractivity contribution is 0.597. The quantitative estimate of drug-likeness (QED) is 0.451. The summed E-state index contributed by atoms with van der Waals surface area (Å²) in [5.41, 5.74) is 2.21. The molecule has 0 bridgehead atoms. The van der Waals surface area contributed by atoms with Gasteiger partial charge in [0.1, 0.15) is 11.5 Å². The number of furan rings is 1. The van der Waals surface area contributed by atoms with Crippen LogP contribution in [0, 0.1) is 0 Å². The minimum atomic E-state index is 0.902. The Morgan fingerprint density at radius 1 is 0.476 bits per heavy atom. The molecule has 0 atom stereocenters. The Morgan fingerprint density at radius 2 is 1.14 bits per heavy atom. The normalized spacial score (nSPS) is 10.9. The third-order valence-corrected chi connectivity index (χ3v) is 3.70. The summed E-state index contributed by atoms with van der Waals surface area (Å²) >= 11 is 0. The van der Waals surface area contributed by atoms with Crippen LogP contribution < -0.4 is 0 Å². The highest BCUT2D eigenvalue weighted by molar-refractivity contribution is 5.86. The molecule has 0 saturated heterocycles. The minimum absolute atomic E-state index is 0.902. The molecule has 3 aromatic carbocycles. The zero-order chi connectivity index (χ0) is 14.1. The first-order valence-corrected chi connectivity index (χ1v) is 7.04. The predicted molar refractivity (Wildman–Crippen MR) is 87.1 cm³/mol. The molecule has 4 rings (SSSR count). The van der Waals surface area contributed by atoms with Crippen LogP contribution in [0.4, 0.5) is 0 Å². The maximum Gasteiger partial charge on any atom is 0.134 e. The van der Waals surface area contributed by atoms with E-state index in [1.165, 1.54) is 10.8 Å². The van der Waals surface area contributed by atoms with Crippen molar-refractivity contribution >= 4 is 10.8 Å². The van der Waals surface area contributed by atoms with E-state index >= 15 is 0 Å². The van der Waals surface area contributed by atoms with Crippen LogP contribution in [0.3, 0.4) is 0 Å². The van der Waals surface area contributed by atoms with E-state index in [2.05, 4.69) is 54.6 Å². The fourth-order valence-electron chi connectivity index (χ4n) is 2.59. The third kappa shape index (κ3) is 2.23. The van der Waals surface area contributed by atoms with Crippen molar-refractivity contribution in [2.24, 2.45) is 0 Å². The van der Waals surface area contributed by atoms with Crippen LogP contribution in [0.25, 0.3) is 33.4 Å². The molecule has 0 aliphatic heterocycles. The molecule has 1 heteroatoms. The Balaban J connectivity index is 1.77. The van der Waals surface area contributed by atoms with E-state index in [0.717, 1.165) is 22.6 Å². The van der Waals surface area contributed by atoms with Crippen molar-refractivity contribution in [1.82, 2.24) is 0 Å². The van der Waals surface area contributed by atoms with Crippen molar-refractivity contribution in [3.8, 4) is 22.6 Å². The molecule has 0 saturated carbocycles. The third-order valence-electron chi connectivity index (χ3n) is 3.70. The number of fused-ring (bicyclic) bond motifs is 1. The summed E-state index contributed by atoms with van der Waals surface area (Å²) in [6.07, 6.45) is 0. The highest BCUT2D eigenvalue weighted by atomic mass is 16.3. The van der Waals surface area contributed by atoms with Gasteiger partial charge < -0.3 is 4.42 Å². The molecule has 0 unspecified atom stereocenters. The lowest BCUT2D eigenvalue weighted by atomic mass is 10.1. The van der Waals surface area contributed by atoms with Crippen molar-refractivity contribution in [1.29, 1.82) is 0 Å². The smallest absolute Gasteiger partial charge is 0.134 e. The average Bonchev–Trinajstić information content (AvgIpc) is 3.05. The monoisotopic (exact) mass is 270 g/mol. The van der Waals surface area contributed by atoms with Crippen molar-refractivity contribution in [3.05, 3.63) is 84.9 Å². The number of hydrogen-bond donors (Lipinski definition) is 0. The van der Waals surface area contributed by atoms with Gasteiger partial charge in [0.05, 0.1) is 0 Å². The summed E-state index contributed by atoms with van der Waals surface area (Å²) in [5, 5.41) is 2.48. The van der Waals surface area contributed by atoms with Gasteiger partial charge in [-0.05, 0) is 29.0 Å². The summed E-state index contributed by atoms with van der Waals surface area (Å²) < 4.78 is 6.00. The summed E-state index contributed by atoms with van der Waals surface area (Å²) in [6, 6.07) is 29.0. The van der Waals surface area contributed by atoms with E-state index in [9.17, 15) is 0 Å². The molecule has 0 aliphatic rings. The molecule has 0 aliphatic carbocycles. The maximum atomic E-state index is 6.00. The van der Waals surface area contributed by atoms with E-state index in [4.69, 9.17) is 4.42 Å². The molecule has 0 amide bonds. The van der Waals surface area contributed by atoms with Gasteiger partial charge in [-0.3, -0.25) is 0 Å². The van der Waals surface area contributed by atoms with Gasteiger partial charge >= 0.3 is 0 Å². The first-order chi connectivity index (χ1) is 10.4. The van der Waals surface area contributed by atoms with E-state index in [1.54, 1.807) is 0 Å². The molecule has 100 valence electrons. The van der Waals surface area contributed by atoms with E-state index in [1.807, 2.05) is 30.3 Å². The minimum Gasteiger partial charge on any atom is -0.456 e. The molecule has 0 spiro atoms. The standard InChI is InChI=1S/C20H14O/c1-2-7-16(8-3-1)19-12-13-20(21-19)18-11-10-15-6-4-5-9-17(15)14-18/h1-14H. The number of rotatable bonds is 2. The summed E-state index contributed by atoms with van der Waals surface area (Å²) in [6.45, 7) is 0. The zero-order valence-corrected chi connectivity index (χ0v) is 11.5. The molecular weight excluding hydrogens is 256 g/mol. The Morgan fingerprint density at radius 3 is 1.95 bits per heavy atom. The van der Waals surface area contributed by atoms with Crippen molar-refractivity contribution in [3.63, 3.8) is 0 Å². The van der Waals surface area contributed by atoms with E-state index < -0.39 is 0 Å². The fraction of sp³-hybridized carbons (Fsp3) is 0. The predicted octanol–water partition coefficient (Wildman–Crippen LogP) is 5.77. The molecule has 21 heavy (non-hydrogen) atoms. The van der Waals surface area contributed by atoms with Gasteiger partial charge in [-0.1, -0.05) is 66.7 Å². The lowest BCUT2D eigenvalue weighted by Crippen LogP contribution is -1.76. The molecule has 0 fully saturated rings. The van der Waals surface area contributed by atoms with Gasteiger partial charge in [0, 0.05) is 11.1 Å². The summed E-state index contributed by atoms with van der Waals surface area (Å²) in [7, 11) is 0. The SMILES string of the molecule is c1ccc(-c2ccc(-c3ccc4ccccc4c3)o2)cc1. The van der Waals surface area contributed by atoms with Gasteiger partial charge in [-0.2, -0.15) is 0 Å². The van der Waals surface area contributed by atoms with Crippen LogP contribution in [0.1, 0.15) is 0 Å². The van der Waals surface area contributed by atoms with Crippen LogP contribution in [-0.4, -0.2) is 0 Å². The fourth-order valence-corrected chi connectivity index (χ4v) is 2.59. The number of benzene rings is 3. The Labute approximate surface area is 123 Å². The first kappa shape index (κ1) is 12.0. The second kappa shape index (κ2) is 4.95. The molecule has 0 N–H and O–H groups in total. The molecule has 1 heterocycles. The van der Waals surface area contributed by atoms with Gasteiger partial charge in [-0.25, -0.2) is 0 Å². The topological polar surface area (TPSA) is 13.1 Å². The second-order valence-electron chi connectivity index (χ2n) is 5.09. The molecule has 1 nitrogen and oxygen atoms in total. The molecule has 0 radical (unpaired) electrons. The van der Waals surface area contributed by atoms with E-state index in [-0.39, 0.29) is 0 Å². The van der Waals surface area contributed by atoms with Crippen LogP contribution >= 0.6 is 0 Å². The van der Waals surface area contributed by atoms with Gasteiger partial charge in [-0.15, -0.1) is 0 Å². The maximum absolute atomic E-state index is 6.00. The molecule has 1 aromatic heterocycles. The Kier molecular flexibility index (Phi) is 2.82. The van der Waals surface area contributed by atoms with Gasteiger partial charge in [0.25, 0.3) is 0 Å². The highest BCUT2D eigenvalue weighted by Gasteiger charge is 2.07. The van der Waals surface area contributed by atoms with Gasteiger partial charge in [0.2, 0.25) is 0 Å².